The maximum Gasteiger partial charge on any atom is 0.267 e. The zero-order valence-corrected chi connectivity index (χ0v) is 13.0. The first kappa shape index (κ1) is 13.9. The second kappa shape index (κ2) is 5.77. The molecule has 2 heterocycles. The SMILES string of the molecule is Nc1ccccc1N1CCN(c2nc[nH]c(=O)c2Br)CC1. The normalized spacial score (nSPS) is 15.3. The molecule has 21 heavy (non-hydrogen) atoms. The van der Waals surface area contributed by atoms with E-state index in [2.05, 4.69) is 35.7 Å². The molecular weight excluding hydrogens is 334 g/mol. The number of aromatic nitrogens is 2. The average Bonchev–Trinajstić information content (AvgIpc) is 2.51. The molecule has 0 atom stereocenters. The Labute approximate surface area is 130 Å². The van der Waals surface area contributed by atoms with Gasteiger partial charge in [-0.1, -0.05) is 12.1 Å². The smallest absolute Gasteiger partial charge is 0.267 e. The van der Waals surface area contributed by atoms with Gasteiger partial charge in [-0.2, -0.15) is 0 Å². The first-order valence-electron chi connectivity index (χ1n) is 6.74. The quantitative estimate of drug-likeness (QED) is 0.802. The van der Waals surface area contributed by atoms with Crippen LogP contribution < -0.4 is 21.1 Å². The molecule has 0 amide bonds. The van der Waals surface area contributed by atoms with Crippen molar-refractivity contribution in [2.24, 2.45) is 0 Å². The minimum absolute atomic E-state index is 0.158. The summed E-state index contributed by atoms with van der Waals surface area (Å²) in [5.74, 6) is 0.694. The predicted octanol–water partition coefficient (Wildman–Crippen LogP) is 1.44. The first-order valence-corrected chi connectivity index (χ1v) is 7.53. The largest absolute Gasteiger partial charge is 0.397 e. The Morgan fingerprint density at radius 2 is 1.81 bits per heavy atom. The van der Waals surface area contributed by atoms with Crippen LogP contribution in [0.15, 0.2) is 39.9 Å². The van der Waals surface area contributed by atoms with Gasteiger partial charge in [0, 0.05) is 26.2 Å². The van der Waals surface area contributed by atoms with Crippen LogP contribution in [0.2, 0.25) is 0 Å². The van der Waals surface area contributed by atoms with Gasteiger partial charge in [-0.05, 0) is 28.1 Å². The molecule has 0 aliphatic carbocycles. The van der Waals surface area contributed by atoms with E-state index in [4.69, 9.17) is 5.73 Å². The third kappa shape index (κ3) is 2.73. The number of nitrogens with zero attached hydrogens (tertiary/aromatic N) is 3. The van der Waals surface area contributed by atoms with Gasteiger partial charge >= 0.3 is 0 Å². The predicted molar refractivity (Wildman–Crippen MR) is 87.8 cm³/mol. The summed E-state index contributed by atoms with van der Waals surface area (Å²) in [6.45, 7) is 3.27. The Kier molecular flexibility index (Phi) is 3.83. The number of nitrogens with two attached hydrogens (primary N) is 1. The van der Waals surface area contributed by atoms with E-state index in [0.29, 0.717) is 10.3 Å². The maximum absolute atomic E-state index is 11.6. The molecule has 1 aromatic heterocycles. The minimum Gasteiger partial charge on any atom is -0.397 e. The summed E-state index contributed by atoms with van der Waals surface area (Å²) >= 11 is 3.31. The summed E-state index contributed by atoms with van der Waals surface area (Å²) in [6, 6.07) is 7.88. The van der Waals surface area contributed by atoms with E-state index < -0.39 is 0 Å². The molecule has 7 heteroatoms. The van der Waals surface area contributed by atoms with Gasteiger partial charge < -0.3 is 20.5 Å². The zero-order valence-electron chi connectivity index (χ0n) is 11.4. The van der Waals surface area contributed by atoms with Crippen molar-refractivity contribution < 1.29 is 0 Å². The van der Waals surface area contributed by atoms with Gasteiger partial charge in [0.1, 0.15) is 10.3 Å². The fourth-order valence-corrected chi connectivity index (χ4v) is 3.00. The third-order valence-electron chi connectivity index (χ3n) is 3.63. The van der Waals surface area contributed by atoms with Crippen LogP contribution in [-0.4, -0.2) is 36.1 Å². The van der Waals surface area contributed by atoms with Gasteiger partial charge in [0.05, 0.1) is 17.7 Å². The van der Waals surface area contributed by atoms with E-state index in [1.807, 2.05) is 24.3 Å². The Bertz CT molecular complexity index is 694. The lowest BCUT2D eigenvalue weighted by molar-refractivity contribution is 0.645. The van der Waals surface area contributed by atoms with Crippen molar-refractivity contribution >= 4 is 33.1 Å². The van der Waals surface area contributed by atoms with Crippen LogP contribution in [0, 0.1) is 0 Å². The highest BCUT2D eigenvalue weighted by Crippen LogP contribution is 2.26. The summed E-state index contributed by atoms with van der Waals surface area (Å²) < 4.78 is 0.484. The molecule has 3 N–H and O–H groups in total. The Morgan fingerprint density at radius 3 is 2.52 bits per heavy atom. The second-order valence-electron chi connectivity index (χ2n) is 4.90. The van der Waals surface area contributed by atoms with Crippen LogP contribution in [0.5, 0.6) is 0 Å². The molecule has 1 saturated heterocycles. The van der Waals surface area contributed by atoms with Crippen LogP contribution in [0.3, 0.4) is 0 Å². The van der Waals surface area contributed by atoms with Gasteiger partial charge in [-0.15, -0.1) is 0 Å². The first-order chi connectivity index (χ1) is 10.2. The maximum atomic E-state index is 11.6. The van der Waals surface area contributed by atoms with Gasteiger partial charge in [-0.3, -0.25) is 4.79 Å². The lowest BCUT2D eigenvalue weighted by Gasteiger charge is -2.37. The average molecular weight is 350 g/mol. The van der Waals surface area contributed by atoms with Crippen molar-refractivity contribution in [2.45, 2.75) is 0 Å². The number of piperazine rings is 1. The van der Waals surface area contributed by atoms with E-state index in [9.17, 15) is 4.79 Å². The fourth-order valence-electron chi connectivity index (χ4n) is 2.53. The fraction of sp³-hybridized carbons (Fsp3) is 0.286. The molecule has 6 nitrogen and oxygen atoms in total. The molecule has 0 spiro atoms. The molecule has 1 aromatic carbocycles. The summed E-state index contributed by atoms with van der Waals surface area (Å²) in [5.41, 5.74) is 7.72. The van der Waals surface area contributed by atoms with Crippen molar-refractivity contribution in [1.29, 1.82) is 0 Å². The van der Waals surface area contributed by atoms with Crippen LogP contribution >= 0.6 is 15.9 Å². The molecule has 110 valence electrons. The van der Waals surface area contributed by atoms with Crippen molar-refractivity contribution in [3.05, 3.63) is 45.4 Å². The molecule has 0 saturated carbocycles. The van der Waals surface area contributed by atoms with Gasteiger partial charge in [0.25, 0.3) is 5.56 Å². The Hall–Kier alpha value is -2.02. The highest BCUT2D eigenvalue weighted by molar-refractivity contribution is 9.10. The van der Waals surface area contributed by atoms with E-state index in [0.717, 1.165) is 37.6 Å². The lowest BCUT2D eigenvalue weighted by Crippen LogP contribution is -2.47. The molecule has 1 aliphatic heterocycles. The van der Waals surface area contributed by atoms with Gasteiger partial charge in [0.15, 0.2) is 0 Å². The molecule has 1 aliphatic rings. The molecule has 0 radical (unpaired) electrons. The van der Waals surface area contributed by atoms with Crippen molar-refractivity contribution in [2.75, 3.05) is 41.7 Å². The molecule has 3 rings (SSSR count). The monoisotopic (exact) mass is 349 g/mol. The number of para-hydroxylation sites is 2. The minimum atomic E-state index is -0.158. The van der Waals surface area contributed by atoms with E-state index in [1.54, 1.807) is 0 Å². The van der Waals surface area contributed by atoms with Gasteiger partial charge in [0.2, 0.25) is 0 Å². The number of aromatic amines is 1. The molecular formula is C14H16BrN5O. The molecule has 1 fully saturated rings. The zero-order chi connectivity index (χ0) is 14.8. The Balaban J connectivity index is 1.75. The highest BCUT2D eigenvalue weighted by Gasteiger charge is 2.21. The number of nitrogens with one attached hydrogen (secondary N) is 1. The van der Waals surface area contributed by atoms with Crippen molar-refractivity contribution in [1.82, 2.24) is 9.97 Å². The number of H-pyrrole nitrogens is 1. The summed E-state index contributed by atoms with van der Waals surface area (Å²) in [5, 5.41) is 0. The van der Waals surface area contributed by atoms with Crippen molar-refractivity contribution in [3.63, 3.8) is 0 Å². The third-order valence-corrected chi connectivity index (χ3v) is 4.35. The van der Waals surface area contributed by atoms with Crippen LogP contribution in [0.1, 0.15) is 0 Å². The number of anilines is 3. The molecule has 0 unspecified atom stereocenters. The van der Waals surface area contributed by atoms with Crippen LogP contribution in [-0.2, 0) is 0 Å². The second-order valence-corrected chi connectivity index (χ2v) is 5.70. The topological polar surface area (TPSA) is 78.2 Å². The molecule has 2 aromatic rings. The lowest BCUT2D eigenvalue weighted by atomic mass is 10.2. The standard InChI is InChI=1S/C14H16BrN5O/c15-12-13(17-9-18-14(12)21)20-7-5-19(6-8-20)11-4-2-1-3-10(11)16/h1-4,9H,5-8,16H2,(H,17,18,21). The number of halogens is 1. The number of hydrogen-bond donors (Lipinski definition) is 2. The summed E-state index contributed by atoms with van der Waals surface area (Å²) in [4.78, 5) is 22.8. The summed E-state index contributed by atoms with van der Waals surface area (Å²) in [7, 11) is 0. The summed E-state index contributed by atoms with van der Waals surface area (Å²) in [6.07, 6.45) is 1.43. The van der Waals surface area contributed by atoms with Crippen molar-refractivity contribution in [3.8, 4) is 0 Å². The number of rotatable bonds is 2. The highest BCUT2D eigenvalue weighted by atomic mass is 79.9. The van der Waals surface area contributed by atoms with Crippen LogP contribution in [0.25, 0.3) is 0 Å². The molecule has 0 bridgehead atoms. The van der Waals surface area contributed by atoms with E-state index >= 15 is 0 Å². The Morgan fingerprint density at radius 1 is 1.14 bits per heavy atom. The number of hydrogen-bond acceptors (Lipinski definition) is 5. The number of nitrogen functional groups attached to an aromatic ring is 1. The number of benzene rings is 1. The van der Waals surface area contributed by atoms with E-state index in [1.165, 1.54) is 6.33 Å². The van der Waals surface area contributed by atoms with Gasteiger partial charge in [-0.25, -0.2) is 4.98 Å². The van der Waals surface area contributed by atoms with E-state index in [-0.39, 0.29) is 5.56 Å². The van der Waals surface area contributed by atoms with Crippen LogP contribution in [0.4, 0.5) is 17.2 Å².